The number of carbonyl (C=O) groups is 1. The maximum absolute atomic E-state index is 12.1. The second kappa shape index (κ2) is 10.2. The normalized spacial score (nSPS) is 21.7. The maximum atomic E-state index is 12.1. The molecule has 0 radical (unpaired) electrons. The summed E-state index contributed by atoms with van der Waals surface area (Å²) in [5.74, 6) is -0.673. The first-order chi connectivity index (χ1) is 15.9. The topological polar surface area (TPSA) is 44.8 Å². The molecule has 1 aliphatic heterocycles. The Kier molecular flexibility index (Phi) is 7.54. The molecule has 0 aromatic heterocycles. The Morgan fingerprint density at radius 2 is 1.58 bits per heavy atom. The molecule has 0 amide bonds. The summed E-state index contributed by atoms with van der Waals surface area (Å²) in [6, 6.07) is 21.3. The molecule has 5 heteroatoms. The fraction of sp³-hybridized carbons (Fsp3) is 0.536. The summed E-state index contributed by atoms with van der Waals surface area (Å²) >= 11 is 0. The zero-order valence-corrected chi connectivity index (χ0v) is 21.3. The Morgan fingerprint density at radius 3 is 2.09 bits per heavy atom. The lowest BCUT2D eigenvalue weighted by atomic mass is 9.94. The summed E-state index contributed by atoms with van der Waals surface area (Å²) in [7, 11) is -2.60. The van der Waals surface area contributed by atoms with Gasteiger partial charge in [0.25, 0.3) is 8.32 Å². The summed E-state index contributed by atoms with van der Waals surface area (Å²) in [4.78, 5) is 12.1. The van der Waals surface area contributed by atoms with Crippen molar-refractivity contribution in [1.29, 1.82) is 0 Å². The average molecular weight is 467 g/mol. The van der Waals surface area contributed by atoms with E-state index >= 15 is 0 Å². The van der Waals surface area contributed by atoms with Crippen molar-refractivity contribution in [3.8, 4) is 0 Å². The Bertz CT molecular complexity index is 848. The number of hydrogen-bond donors (Lipinski definition) is 0. The van der Waals surface area contributed by atoms with Gasteiger partial charge in [-0.1, -0.05) is 87.9 Å². The van der Waals surface area contributed by atoms with Crippen molar-refractivity contribution in [3.05, 3.63) is 60.7 Å². The van der Waals surface area contributed by atoms with Crippen LogP contribution in [0.15, 0.2) is 60.7 Å². The summed E-state index contributed by atoms with van der Waals surface area (Å²) in [5, 5.41) is 2.44. The molecule has 2 aromatic rings. The third-order valence-corrected chi connectivity index (χ3v) is 12.4. The Labute approximate surface area is 199 Å². The van der Waals surface area contributed by atoms with Gasteiger partial charge in [-0.25, -0.2) is 0 Å². The van der Waals surface area contributed by atoms with Crippen LogP contribution in [0, 0.1) is 5.92 Å². The highest BCUT2D eigenvalue weighted by Crippen LogP contribution is 2.40. The van der Waals surface area contributed by atoms with Gasteiger partial charge in [0.15, 0.2) is 5.79 Å². The minimum Gasteiger partial charge on any atom is -0.407 e. The second-order valence-corrected chi connectivity index (χ2v) is 14.8. The Balaban J connectivity index is 1.53. The van der Waals surface area contributed by atoms with E-state index in [2.05, 4.69) is 81.4 Å². The van der Waals surface area contributed by atoms with Gasteiger partial charge >= 0.3 is 0 Å². The first-order valence-corrected chi connectivity index (χ1v) is 14.3. The fourth-order valence-corrected chi connectivity index (χ4v) is 10.2. The molecular weight excluding hydrogens is 428 g/mol. The maximum Gasteiger partial charge on any atom is 0.261 e. The van der Waals surface area contributed by atoms with Crippen molar-refractivity contribution in [2.75, 3.05) is 13.2 Å². The molecule has 0 bridgehead atoms. The number of rotatable bonds is 8. The molecule has 1 saturated heterocycles. The second-order valence-electron chi connectivity index (χ2n) is 10.5. The molecule has 0 N–H and O–H groups in total. The quantitative estimate of drug-likeness (QED) is 0.412. The van der Waals surface area contributed by atoms with Gasteiger partial charge in [-0.05, 0) is 34.7 Å². The van der Waals surface area contributed by atoms with Crippen LogP contribution in [0.4, 0.5) is 0 Å². The molecule has 4 nitrogen and oxygen atoms in total. The van der Waals surface area contributed by atoms with E-state index in [1.807, 2.05) is 0 Å². The smallest absolute Gasteiger partial charge is 0.261 e. The zero-order chi connectivity index (χ0) is 23.4. The molecule has 2 aromatic carbocycles. The van der Waals surface area contributed by atoms with Crippen molar-refractivity contribution < 1.29 is 18.7 Å². The summed E-state index contributed by atoms with van der Waals surface area (Å²) in [6.45, 7) is 7.84. The van der Waals surface area contributed by atoms with E-state index in [1.54, 1.807) is 0 Å². The zero-order valence-electron chi connectivity index (χ0n) is 20.3. The van der Waals surface area contributed by atoms with E-state index in [0.717, 1.165) is 32.0 Å². The van der Waals surface area contributed by atoms with Crippen LogP contribution in [0.1, 0.15) is 59.3 Å². The lowest BCUT2D eigenvalue weighted by molar-refractivity contribution is -0.191. The lowest BCUT2D eigenvalue weighted by Crippen LogP contribution is -2.66. The highest BCUT2D eigenvalue weighted by molar-refractivity contribution is 6.99. The number of hydrogen-bond acceptors (Lipinski definition) is 4. The van der Waals surface area contributed by atoms with Gasteiger partial charge in [0.1, 0.15) is 6.29 Å². The van der Waals surface area contributed by atoms with Crippen LogP contribution in [0.5, 0.6) is 0 Å². The van der Waals surface area contributed by atoms with E-state index in [0.29, 0.717) is 19.6 Å². The van der Waals surface area contributed by atoms with Crippen molar-refractivity contribution in [2.24, 2.45) is 5.92 Å². The van der Waals surface area contributed by atoms with Gasteiger partial charge in [0, 0.05) is 25.4 Å². The molecule has 0 unspecified atom stereocenters. The predicted octanol–water partition coefficient (Wildman–Crippen LogP) is 4.84. The highest BCUT2D eigenvalue weighted by Gasteiger charge is 2.50. The number of carbonyl (C=O) groups excluding carboxylic acids is 1. The molecule has 2 fully saturated rings. The number of benzene rings is 2. The van der Waals surface area contributed by atoms with Crippen molar-refractivity contribution in [3.63, 3.8) is 0 Å². The Morgan fingerprint density at radius 1 is 1.00 bits per heavy atom. The van der Waals surface area contributed by atoms with Gasteiger partial charge in [-0.2, -0.15) is 0 Å². The van der Waals surface area contributed by atoms with Gasteiger partial charge < -0.3 is 18.7 Å². The predicted molar refractivity (Wildman–Crippen MR) is 134 cm³/mol. The summed E-state index contributed by atoms with van der Waals surface area (Å²) in [5.41, 5.74) is 0. The van der Waals surface area contributed by atoms with Gasteiger partial charge in [0.05, 0.1) is 12.7 Å². The third kappa shape index (κ3) is 5.02. The first-order valence-electron chi connectivity index (χ1n) is 12.4. The van der Waals surface area contributed by atoms with Crippen LogP contribution >= 0.6 is 0 Å². The van der Waals surface area contributed by atoms with Crippen LogP contribution < -0.4 is 10.4 Å². The highest BCUT2D eigenvalue weighted by atomic mass is 28.4. The van der Waals surface area contributed by atoms with E-state index in [1.165, 1.54) is 16.8 Å². The van der Waals surface area contributed by atoms with E-state index in [9.17, 15) is 4.79 Å². The van der Waals surface area contributed by atoms with E-state index in [4.69, 9.17) is 13.9 Å². The standard InChI is InChI=1S/C28H38O4Si/c1-27(2,3)33(24-13-7-4-8-14-24,25-15-9-5-10-16-25)31-20-17-23(21-29)26-22-30-28(32-26)18-11-6-12-19-28/h4-5,7-10,13-16,21,23,26H,6,11-12,17-20,22H2,1-3H3/t23-,26-/m0/s1. The molecule has 1 spiro atoms. The summed E-state index contributed by atoms with van der Waals surface area (Å²) in [6.07, 6.45) is 6.89. The molecule has 1 saturated carbocycles. The molecule has 33 heavy (non-hydrogen) atoms. The van der Waals surface area contributed by atoms with E-state index in [-0.39, 0.29) is 17.1 Å². The van der Waals surface area contributed by atoms with Crippen LogP contribution in [0.2, 0.25) is 5.04 Å². The van der Waals surface area contributed by atoms with Crippen LogP contribution in [0.25, 0.3) is 0 Å². The Hall–Kier alpha value is -1.79. The van der Waals surface area contributed by atoms with Crippen LogP contribution in [-0.2, 0) is 18.7 Å². The van der Waals surface area contributed by atoms with Gasteiger partial charge in [-0.15, -0.1) is 0 Å². The van der Waals surface area contributed by atoms with Gasteiger partial charge in [0.2, 0.25) is 0 Å². The van der Waals surface area contributed by atoms with Crippen molar-refractivity contribution >= 4 is 25.0 Å². The average Bonchev–Trinajstić information content (AvgIpc) is 3.23. The van der Waals surface area contributed by atoms with Crippen molar-refractivity contribution in [1.82, 2.24) is 0 Å². The molecule has 2 aliphatic rings. The van der Waals surface area contributed by atoms with Crippen LogP contribution in [-0.4, -0.2) is 39.7 Å². The number of ether oxygens (including phenoxy) is 2. The molecule has 1 heterocycles. The molecule has 1 aliphatic carbocycles. The van der Waals surface area contributed by atoms with Gasteiger partial charge in [-0.3, -0.25) is 0 Å². The molecule has 2 atom stereocenters. The molecular formula is C28H38O4Si. The third-order valence-electron chi connectivity index (χ3n) is 7.33. The SMILES string of the molecule is CC(C)(C)[Si](OCC[C@@H](C=O)[C@@H]1COC2(CCCCC2)O1)(c1ccccc1)c1ccccc1. The molecule has 4 rings (SSSR count). The summed E-state index contributed by atoms with van der Waals surface area (Å²) < 4.78 is 19.4. The fourth-order valence-electron chi connectivity index (χ4n) is 5.59. The van der Waals surface area contributed by atoms with Crippen LogP contribution in [0.3, 0.4) is 0 Å². The first kappa shape index (κ1) is 24.3. The molecule has 178 valence electrons. The number of aldehydes is 1. The lowest BCUT2D eigenvalue weighted by Gasteiger charge is -2.43. The monoisotopic (exact) mass is 466 g/mol. The minimum absolute atomic E-state index is 0.0779. The largest absolute Gasteiger partial charge is 0.407 e. The van der Waals surface area contributed by atoms with Crippen molar-refractivity contribution in [2.45, 2.75) is 76.2 Å². The van der Waals surface area contributed by atoms with E-state index < -0.39 is 14.1 Å². The minimum atomic E-state index is -2.60.